The van der Waals surface area contributed by atoms with Gasteiger partial charge in [-0.05, 0) is 24.3 Å². The molecule has 2 aromatic rings. The minimum atomic E-state index is -0.351. The van der Waals surface area contributed by atoms with Gasteiger partial charge < -0.3 is 20.3 Å². The fraction of sp³-hybridized carbons (Fsp3) is 0.111. The van der Waals surface area contributed by atoms with Gasteiger partial charge in [0.25, 0.3) is 5.91 Å². The zero-order valence-corrected chi connectivity index (χ0v) is 13.0. The van der Waals surface area contributed by atoms with Crippen LogP contribution in [0.1, 0.15) is 0 Å². The molecule has 0 atom stereocenters. The number of fused-ring (bicyclic) bond motifs is 1. The predicted molar refractivity (Wildman–Crippen MR) is 93.6 cm³/mol. The molecule has 122 valence electrons. The van der Waals surface area contributed by atoms with Crippen molar-refractivity contribution in [1.29, 1.82) is 0 Å². The molecule has 2 N–H and O–H groups in total. The van der Waals surface area contributed by atoms with Crippen LogP contribution in [-0.4, -0.2) is 25.1 Å². The van der Waals surface area contributed by atoms with Crippen molar-refractivity contribution >= 4 is 29.0 Å². The highest BCUT2D eigenvalue weighted by molar-refractivity contribution is 6.01. The molecular formula is C18H17N3O3. The summed E-state index contributed by atoms with van der Waals surface area (Å²) >= 11 is 0. The van der Waals surface area contributed by atoms with Gasteiger partial charge in [0.1, 0.15) is 5.75 Å². The van der Waals surface area contributed by atoms with Gasteiger partial charge in [0.2, 0.25) is 0 Å². The third-order valence-corrected chi connectivity index (χ3v) is 3.50. The Morgan fingerprint density at radius 1 is 1.17 bits per heavy atom. The molecule has 0 saturated heterocycles. The second-order valence-electron chi connectivity index (χ2n) is 5.21. The molecule has 0 aliphatic carbocycles. The molecule has 3 rings (SSSR count). The van der Waals surface area contributed by atoms with Crippen molar-refractivity contribution in [3.05, 3.63) is 61.2 Å². The number of nitrogens with one attached hydrogen (secondary N) is 2. The molecule has 0 spiro atoms. The van der Waals surface area contributed by atoms with E-state index in [2.05, 4.69) is 17.2 Å². The van der Waals surface area contributed by atoms with E-state index in [9.17, 15) is 9.59 Å². The number of anilines is 3. The average Bonchev–Trinajstić information content (AvgIpc) is 2.58. The molecule has 2 aromatic carbocycles. The van der Waals surface area contributed by atoms with Gasteiger partial charge in [0, 0.05) is 24.0 Å². The van der Waals surface area contributed by atoms with E-state index in [1.165, 1.54) is 0 Å². The van der Waals surface area contributed by atoms with Crippen molar-refractivity contribution in [2.75, 3.05) is 28.7 Å². The minimum absolute atomic E-state index is 0.0273. The Bertz CT molecular complexity index is 774. The number of rotatable bonds is 4. The lowest BCUT2D eigenvalue weighted by molar-refractivity contribution is -0.121. The van der Waals surface area contributed by atoms with Gasteiger partial charge in [-0.1, -0.05) is 24.3 Å². The number of amides is 3. The summed E-state index contributed by atoms with van der Waals surface area (Å²) in [6.07, 6.45) is 1.66. The molecule has 0 radical (unpaired) electrons. The quantitative estimate of drug-likeness (QED) is 0.849. The topological polar surface area (TPSA) is 70.7 Å². The van der Waals surface area contributed by atoms with Gasteiger partial charge in [0.05, 0.1) is 5.69 Å². The molecule has 0 fully saturated rings. The number of para-hydroxylation sites is 1. The zero-order valence-electron chi connectivity index (χ0n) is 13.0. The van der Waals surface area contributed by atoms with Gasteiger partial charge in [-0.2, -0.15) is 0 Å². The Hall–Kier alpha value is -3.28. The Balaban J connectivity index is 1.73. The molecule has 24 heavy (non-hydrogen) atoms. The summed E-state index contributed by atoms with van der Waals surface area (Å²) in [5, 5.41) is 5.48. The molecule has 6 nitrogen and oxygen atoms in total. The highest BCUT2D eigenvalue weighted by Crippen LogP contribution is 2.34. The van der Waals surface area contributed by atoms with Gasteiger partial charge in [0.15, 0.2) is 6.61 Å². The highest BCUT2D eigenvalue weighted by Gasteiger charge is 2.24. The minimum Gasteiger partial charge on any atom is -0.481 e. The molecule has 1 aliphatic heterocycles. The van der Waals surface area contributed by atoms with Crippen LogP contribution >= 0.6 is 0 Å². The molecule has 1 aliphatic rings. The lowest BCUT2D eigenvalue weighted by Crippen LogP contribution is -2.38. The van der Waals surface area contributed by atoms with Crippen molar-refractivity contribution in [1.82, 2.24) is 0 Å². The molecule has 3 amide bonds. The van der Waals surface area contributed by atoms with Crippen LogP contribution in [0.2, 0.25) is 0 Å². The number of hydrogen-bond donors (Lipinski definition) is 2. The normalized spacial score (nSPS) is 12.8. The van der Waals surface area contributed by atoms with E-state index in [1.54, 1.807) is 41.3 Å². The van der Waals surface area contributed by atoms with Crippen molar-refractivity contribution in [3.8, 4) is 5.75 Å². The van der Waals surface area contributed by atoms with Crippen LogP contribution in [0, 0.1) is 0 Å². The van der Waals surface area contributed by atoms with Crippen LogP contribution in [-0.2, 0) is 4.79 Å². The SMILES string of the molecule is C=CCN1C(=O)COc2cc(NC(=O)Nc3ccccc3)ccc21. The van der Waals surface area contributed by atoms with Crippen molar-refractivity contribution < 1.29 is 14.3 Å². The van der Waals surface area contributed by atoms with Crippen LogP contribution in [0.4, 0.5) is 21.9 Å². The average molecular weight is 323 g/mol. The first kappa shape index (κ1) is 15.6. The molecule has 0 saturated carbocycles. The first-order chi connectivity index (χ1) is 11.7. The standard InChI is InChI=1S/C18H17N3O3/c1-2-10-21-15-9-8-14(11-16(15)24-12-17(21)22)20-18(23)19-13-6-4-3-5-7-13/h2-9,11H,1,10,12H2,(H2,19,20,23). The van der Waals surface area contributed by atoms with Crippen LogP contribution < -0.4 is 20.3 Å². The number of carbonyl (C=O) groups is 2. The molecule has 0 aromatic heterocycles. The van der Waals surface area contributed by atoms with Crippen LogP contribution in [0.15, 0.2) is 61.2 Å². The van der Waals surface area contributed by atoms with Gasteiger partial charge >= 0.3 is 6.03 Å². The Kier molecular flexibility index (Phi) is 4.47. The lowest BCUT2D eigenvalue weighted by Gasteiger charge is -2.28. The van der Waals surface area contributed by atoms with Gasteiger partial charge in [-0.25, -0.2) is 4.79 Å². The lowest BCUT2D eigenvalue weighted by atomic mass is 10.2. The zero-order chi connectivity index (χ0) is 16.9. The fourth-order valence-corrected chi connectivity index (χ4v) is 2.43. The summed E-state index contributed by atoms with van der Waals surface area (Å²) in [6, 6.07) is 14.0. The summed E-state index contributed by atoms with van der Waals surface area (Å²) in [5.41, 5.74) is 1.95. The number of benzene rings is 2. The second kappa shape index (κ2) is 6.87. The smallest absolute Gasteiger partial charge is 0.323 e. The van der Waals surface area contributed by atoms with E-state index in [0.29, 0.717) is 29.4 Å². The van der Waals surface area contributed by atoms with Crippen molar-refractivity contribution in [3.63, 3.8) is 0 Å². The molecule has 0 bridgehead atoms. The van der Waals surface area contributed by atoms with Crippen molar-refractivity contribution in [2.24, 2.45) is 0 Å². The van der Waals surface area contributed by atoms with Crippen LogP contribution in [0.3, 0.4) is 0 Å². The maximum absolute atomic E-state index is 12.0. The van der Waals surface area contributed by atoms with E-state index < -0.39 is 0 Å². The molecule has 6 heteroatoms. The highest BCUT2D eigenvalue weighted by atomic mass is 16.5. The molecular weight excluding hydrogens is 306 g/mol. The summed E-state index contributed by atoms with van der Waals surface area (Å²) in [5.74, 6) is 0.430. The maximum atomic E-state index is 12.0. The molecule has 1 heterocycles. The predicted octanol–water partition coefficient (Wildman–Crippen LogP) is 3.24. The Morgan fingerprint density at radius 2 is 1.92 bits per heavy atom. The fourth-order valence-electron chi connectivity index (χ4n) is 2.43. The summed E-state index contributed by atoms with van der Waals surface area (Å²) in [7, 11) is 0. The third-order valence-electron chi connectivity index (χ3n) is 3.50. The number of ether oxygens (including phenoxy) is 1. The van der Waals surface area contributed by atoms with Crippen molar-refractivity contribution in [2.45, 2.75) is 0 Å². The van der Waals surface area contributed by atoms with E-state index in [4.69, 9.17) is 4.74 Å². The summed E-state index contributed by atoms with van der Waals surface area (Å²) < 4.78 is 5.46. The summed E-state index contributed by atoms with van der Waals surface area (Å²) in [4.78, 5) is 25.5. The van der Waals surface area contributed by atoms with E-state index >= 15 is 0 Å². The number of hydrogen-bond acceptors (Lipinski definition) is 3. The van der Waals surface area contributed by atoms with E-state index in [0.717, 1.165) is 0 Å². The Labute approximate surface area is 139 Å². The number of urea groups is 1. The first-order valence-corrected chi connectivity index (χ1v) is 7.48. The van der Waals surface area contributed by atoms with E-state index in [-0.39, 0.29) is 18.5 Å². The maximum Gasteiger partial charge on any atom is 0.323 e. The van der Waals surface area contributed by atoms with E-state index in [1.807, 2.05) is 18.2 Å². The second-order valence-corrected chi connectivity index (χ2v) is 5.21. The number of nitrogens with zero attached hydrogens (tertiary/aromatic N) is 1. The van der Waals surface area contributed by atoms with Gasteiger partial charge in [-0.3, -0.25) is 4.79 Å². The van der Waals surface area contributed by atoms with Crippen LogP contribution in [0.25, 0.3) is 0 Å². The third kappa shape index (κ3) is 3.38. The number of carbonyl (C=O) groups excluding carboxylic acids is 2. The largest absolute Gasteiger partial charge is 0.481 e. The monoisotopic (exact) mass is 323 g/mol. The first-order valence-electron chi connectivity index (χ1n) is 7.48. The van der Waals surface area contributed by atoms with Crippen LogP contribution in [0.5, 0.6) is 5.75 Å². The molecule has 0 unspecified atom stereocenters. The summed E-state index contributed by atoms with van der Waals surface area (Å²) in [6.45, 7) is 4.04. The Morgan fingerprint density at radius 3 is 2.67 bits per heavy atom. The van der Waals surface area contributed by atoms with Gasteiger partial charge in [-0.15, -0.1) is 6.58 Å².